The molecule has 0 spiro atoms. The molecular weight excluding hydrogens is 541 g/mol. The predicted molar refractivity (Wildman–Crippen MR) is 165 cm³/mol. The van der Waals surface area contributed by atoms with Crippen LogP contribution in [0.2, 0.25) is 0 Å². The minimum Gasteiger partial charge on any atom is -0.326 e. The smallest absolute Gasteiger partial charge is 0.326 e. The third-order valence-electron chi connectivity index (χ3n) is 6.76. The molecule has 0 fully saturated rings. The summed E-state index contributed by atoms with van der Waals surface area (Å²) in [6, 6.07) is 14.1. The number of nitrogens with one attached hydrogen (secondary N) is 3. The van der Waals surface area contributed by atoms with Gasteiger partial charge in [0.05, 0.1) is 5.52 Å². The molecule has 3 aromatic rings. The zero-order valence-corrected chi connectivity index (χ0v) is 24.2. The maximum Gasteiger partial charge on any atom is 0.412 e. The predicted octanol–water partition coefficient (Wildman–Crippen LogP) is 9.41. The summed E-state index contributed by atoms with van der Waals surface area (Å²) in [7, 11) is 0. The molecule has 9 heteroatoms. The summed E-state index contributed by atoms with van der Waals surface area (Å²) in [5.74, 6) is 0.0214. The number of anilines is 2. The first-order valence-corrected chi connectivity index (χ1v) is 14.3. The van der Waals surface area contributed by atoms with Gasteiger partial charge in [0.2, 0.25) is 5.91 Å². The highest BCUT2D eigenvalue weighted by Gasteiger charge is 2.30. The Kier molecular flexibility index (Phi) is 12.0. The van der Waals surface area contributed by atoms with E-state index in [2.05, 4.69) is 29.5 Å². The summed E-state index contributed by atoms with van der Waals surface area (Å²) >= 11 is 0. The van der Waals surface area contributed by atoms with Gasteiger partial charge in [0, 0.05) is 46.3 Å². The zero-order chi connectivity index (χ0) is 30.5. The van der Waals surface area contributed by atoms with Crippen LogP contribution in [0.25, 0.3) is 16.6 Å². The zero-order valence-electron chi connectivity index (χ0n) is 24.2. The van der Waals surface area contributed by atoms with Crippen molar-refractivity contribution in [3.8, 4) is 5.69 Å². The number of alkyl halides is 3. The van der Waals surface area contributed by atoms with Crippen molar-refractivity contribution in [3.05, 3.63) is 90.8 Å². The van der Waals surface area contributed by atoms with E-state index < -0.39 is 17.8 Å². The molecule has 1 aromatic heterocycles. The standard InChI is InChI=1S/C33H39F3N4O2/c1-4-6-7-8-9-10-11-13-31(41)37-28-16-19-30-25(23-28)20-21-40(30)29-17-14-26(15-18-29)38-32(42)39-27(12-5-2)22-24(3)33(34,35)36/h5,12,14-23H,2,4,6-11,13H2,1,3H3,(H,37,41)(H2,38,39,42)/b24-22+,27-12+. The highest BCUT2D eigenvalue weighted by atomic mass is 19.4. The van der Waals surface area contributed by atoms with Crippen molar-refractivity contribution in [2.24, 2.45) is 0 Å². The highest BCUT2D eigenvalue weighted by molar-refractivity contribution is 5.94. The van der Waals surface area contributed by atoms with E-state index in [0.29, 0.717) is 12.1 Å². The van der Waals surface area contributed by atoms with Gasteiger partial charge >= 0.3 is 12.2 Å². The van der Waals surface area contributed by atoms with Crippen LogP contribution in [0.5, 0.6) is 0 Å². The number of carbonyl (C=O) groups is 2. The number of allylic oxidation sites excluding steroid dienone is 4. The van der Waals surface area contributed by atoms with Gasteiger partial charge in [-0.25, -0.2) is 4.79 Å². The van der Waals surface area contributed by atoms with E-state index in [1.807, 2.05) is 47.2 Å². The molecule has 0 saturated carbocycles. The average Bonchev–Trinajstić information content (AvgIpc) is 3.36. The second kappa shape index (κ2) is 15.7. The number of amides is 3. The number of urea groups is 1. The molecule has 0 radical (unpaired) electrons. The molecule has 0 bridgehead atoms. The Hall–Kier alpha value is -4.27. The maximum atomic E-state index is 12.9. The van der Waals surface area contributed by atoms with E-state index in [9.17, 15) is 22.8 Å². The number of rotatable bonds is 14. The second-order valence-corrected chi connectivity index (χ2v) is 10.2. The van der Waals surface area contributed by atoms with Crippen LogP contribution in [-0.4, -0.2) is 22.7 Å². The third-order valence-corrected chi connectivity index (χ3v) is 6.76. The Morgan fingerprint density at radius 3 is 2.24 bits per heavy atom. The van der Waals surface area contributed by atoms with Crippen LogP contribution in [0.15, 0.2) is 90.8 Å². The van der Waals surface area contributed by atoms with E-state index in [-0.39, 0.29) is 11.6 Å². The number of halogens is 3. The number of fused-ring (bicyclic) bond motifs is 1. The van der Waals surface area contributed by atoms with Crippen LogP contribution >= 0.6 is 0 Å². The quantitative estimate of drug-likeness (QED) is 0.131. The van der Waals surface area contributed by atoms with Gasteiger partial charge in [-0.2, -0.15) is 13.2 Å². The fourth-order valence-electron chi connectivity index (χ4n) is 4.48. The molecule has 2 aromatic carbocycles. The lowest BCUT2D eigenvalue weighted by molar-refractivity contribution is -0.116. The Morgan fingerprint density at radius 2 is 1.57 bits per heavy atom. The first-order chi connectivity index (χ1) is 20.1. The molecule has 0 aliphatic heterocycles. The minimum absolute atomic E-state index is 0.0214. The second-order valence-electron chi connectivity index (χ2n) is 10.2. The number of hydrogen-bond acceptors (Lipinski definition) is 2. The van der Waals surface area contributed by atoms with Crippen LogP contribution < -0.4 is 16.0 Å². The van der Waals surface area contributed by atoms with Crippen molar-refractivity contribution < 1.29 is 22.8 Å². The summed E-state index contributed by atoms with van der Waals surface area (Å²) in [5.41, 5.74) is 2.13. The number of aromatic nitrogens is 1. The van der Waals surface area contributed by atoms with Gasteiger partial charge in [-0.15, -0.1) is 0 Å². The molecular formula is C33H39F3N4O2. The Morgan fingerprint density at radius 1 is 0.905 bits per heavy atom. The fourth-order valence-corrected chi connectivity index (χ4v) is 4.48. The monoisotopic (exact) mass is 580 g/mol. The highest BCUT2D eigenvalue weighted by Crippen LogP contribution is 2.26. The molecule has 3 N–H and O–H groups in total. The average molecular weight is 581 g/mol. The van der Waals surface area contributed by atoms with E-state index in [1.165, 1.54) is 44.3 Å². The van der Waals surface area contributed by atoms with Crippen molar-refractivity contribution in [2.45, 2.75) is 71.4 Å². The number of benzene rings is 2. The van der Waals surface area contributed by atoms with E-state index in [1.54, 1.807) is 12.1 Å². The SMILES string of the molecule is C=C/C=C(\C=C(/C)C(F)(F)F)NC(=O)Nc1ccc(-n2ccc3cc(NC(=O)CCCCCCCCC)ccc32)cc1. The molecule has 42 heavy (non-hydrogen) atoms. The summed E-state index contributed by atoms with van der Waals surface area (Å²) in [4.78, 5) is 24.8. The first-order valence-electron chi connectivity index (χ1n) is 14.3. The number of hydrogen-bond donors (Lipinski definition) is 3. The van der Waals surface area contributed by atoms with Gasteiger partial charge in [-0.05, 0) is 74.0 Å². The third kappa shape index (κ3) is 9.98. The molecule has 6 nitrogen and oxygen atoms in total. The molecule has 0 aliphatic rings. The fraction of sp³-hybridized carbons (Fsp3) is 0.333. The largest absolute Gasteiger partial charge is 0.412 e. The van der Waals surface area contributed by atoms with Crippen LogP contribution in [0.4, 0.5) is 29.3 Å². The van der Waals surface area contributed by atoms with E-state index in [4.69, 9.17) is 0 Å². The Labute approximate surface area is 245 Å². The number of carbonyl (C=O) groups excluding carboxylic acids is 2. The van der Waals surface area contributed by atoms with Gasteiger partial charge in [0.15, 0.2) is 0 Å². The minimum atomic E-state index is -4.50. The van der Waals surface area contributed by atoms with E-state index >= 15 is 0 Å². The van der Waals surface area contributed by atoms with Crippen molar-refractivity contribution >= 4 is 34.2 Å². The van der Waals surface area contributed by atoms with Gasteiger partial charge in [0.25, 0.3) is 0 Å². The lowest BCUT2D eigenvalue weighted by Crippen LogP contribution is -2.28. The molecule has 224 valence electrons. The van der Waals surface area contributed by atoms with Gasteiger partial charge in [-0.3, -0.25) is 4.79 Å². The van der Waals surface area contributed by atoms with Crippen molar-refractivity contribution in [3.63, 3.8) is 0 Å². The Bertz CT molecular complexity index is 1420. The molecule has 0 saturated heterocycles. The number of unbranched alkanes of at least 4 members (excludes halogenated alkanes) is 6. The lowest BCUT2D eigenvalue weighted by atomic mass is 10.1. The molecule has 0 aliphatic carbocycles. The summed E-state index contributed by atoms with van der Waals surface area (Å²) < 4.78 is 40.6. The Balaban J connectivity index is 1.57. The maximum absolute atomic E-state index is 12.9. The molecule has 1 heterocycles. The normalized spacial score (nSPS) is 12.3. The summed E-state index contributed by atoms with van der Waals surface area (Å²) in [6.45, 7) is 6.61. The molecule has 3 rings (SSSR count). The summed E-state index contributed by atoms with van der Waals surface area (Å²) in [6.07, 6.45) is 9.50. The van der Waals surface area contributed by atoms with Crippen LogP contribution in [0, 0.1) is 0 Å². The molecule has 0 unspecified atom stereocenters. The van der Waals surface area contributed by atoms with Crippen LogP contribution in [0.3, 0.4) is 0 Å². The van der Waals surface area contributed by atoms with Crippen LogP contribution in [-0.2, 0) is 4.79 Å². The van der Waals surface area contributed by atoms with Gasteiger partial charge in [0.1, 0.15) is 0 Å². The lowest BCUT2D eigenvalue weighted by Gasteiger charge is -2.12. The number of nitrogens with zero attached hydrogens (tertiary/aromatic N) is 1. The summed E-state index contributed by atoms with van der Waals surface area (Å²) in [5, 5.41) is 8.99. The molecule has 0 atom stereocenters. The first kappa shape index (κ1) is 32.2. The molecule has 3 amide bonds. The van der Waals surface area contributed by atoms with Crippen molar-refractivity contribution in [1.29, 1.82) is 0 Å². The van der Waals surface area contributed by atoms with Gasteiger partial charge in [-0.1, -0.05) is 58.1 Å². The van der Waals surface area contributed by atoms with Crippen molar-refractivity contribution in [1.82, 2.24) is 9.88 Å². The van der Waals surface area contributed by atoms with Crippen LogP contribution in [0.1, 0.15) is 65.2 Å². The topological polar surface area (TPSA) is 75.2 Å². The van der Waals surface area contributed by atoms with Crippen molar-refractivity contribution in [2.75, 3.05) is 10.6 Å². The van der Waals surface area contributed by atoms with Gasteiger partial charge < -0.3 is 20.5 Å². The van der Waals surface area contributed by atoms with E-state index in [0.717, 1.165) is 48.1 Å².